The lowest BCUT2D eigenvalue weighted by Gasteiger charge is -2.26. The molecule has 2 rings (SSSR count). The Morgan fingerprint density at radius 1 is 1.24 bits per heavy atom. The molecule has 2 heterocycles. The summed E-state index contributed by atoms with van der Waals surface area (Å²) in [5.41, 5.74) is 0.999. The third-order valence-corrected chi connectivity index (χ3v) is 2.93. The molecular formula is C12H18N4O. The Morgan fingerprint density at radius 2 is 1.94 bits per heavy atom. The lowest BCUT2D eigenvalue weighted by atomic mass is 10.1. The zero-order chi connectivity index (χ0) is 11.9. The third-order valence-electron chi connectivity index (χ3n) is 2.93. The molecule has 0 atom stereocenters. The van der Waals surface area contributed by atoms with Gasteiger partial charge in [-0.2, -0.15) is 0 Å². The van der Waals surface area contributed by atoms with Gasteiger partial charge in [0.1, 0.15) is 6.33 Å². The predicted molar refractivity (Wildman–Crippen MR) is 64.2 cm³/mol. The minimum Gasteiger partial charge on any atom is -0.342 e. The molecule has 0 spiro atoms. The number of hydrogen-bond acceptors (Lipinski definition) is 4. The second-order valence-electron chi connectivity index (χ2n) is 4.29. The van der Waals surface area contributed by atoms with Gasteiger partial charge in [0.2, 0.25) is 5.91 Å². The number of nitrogens with one attached hydrogen (secondary N) is 1. The van der Waals surface area contributed by atoms with Gasteiger partial charge in [-0.15, -0.1) is 0 Å². The van der Waals surface area contributed by atoms with Gasteiger partial charge in [0, 0.05) is 37.6 Å². The Hall–Kier alpha value is -1.49. The van der Waals surface area contributed by atoms with E-state index in [0.29, 0.717) is 13.1 Å². The van der Waals surface area contributed by atoms with Crippen LogP contribution in [0.4, 0.5) is 0 Å². The summed E-state index contributed by atoms with van der Waals surface area (Å²) in [5, 5.41) is 3.13. The standard InChI is InChI=1S/C12H18N4O/c17-12(16-4-2-1-3-5-16)9-13-6-11-7-14-10-15-8-11/h7-8,10,13H,1-6,9H2. The molecule has 1 N–H and O–H groups in total. The van der Waals surface area contributed by atoms with Crippen molar-refractivity contribution in [2.24, 2.45) is 0 Å². The van der Waals surface area contributed by atoms with E-state index >= 15 is 0 Å². The summed E-state index contributed by atoms with van der Waals surface area (Å²) < 4.78 is 0. The molecule has 1 aliphatic rings. The SMILES string of the molecule is O=C(CNCc1cncnc1)N1CCCCC1. The molecule has 0 bridgehead atoms. The van der Waals surface area contributed by atoms with E-state index in [4.69, 9.17) is 0 Å². The maximum Gasteiger partial charge on any atom is 0.236 e. The van der Waals surface area contributed by atoms with Crippen LogP contribution in [-0.2, 0) is 11.3 Å². The summed E-state index contributed by atoms with van der Waals surface area (Å²) in [7, 11) is 0. The molecule has 17 heavy (non-hydrogen) atoms. The van der Waals surface area contributed by atoms with Crippen LogP contribution in [0.3, 0.4) is 0 Å². The van der Waals surface area contributed by atoms with Crippen molar-refractivity contribution in [3.63, 3.8) is 0 Å². The van der Waals surface area contributed by atoms with Gasteiger partial charge in [-0.1, -0.05) is 0 Å². The fourth-order valence-electron chi connectivity index (χ4n) is 1.99. The van der Waals surface area contributed by atoms with Gasteiger partial charge >= 0.3 is 0 Å². The molecule has 1 aromatic heterocycles. The fraction of sp³-hybridized carbons (Fsp3) is 0.583. The lowest BCUT2D eigenvalue weighted by Crippen LogP contribution is -2.40. The highest BCUT2D eigenvalue weighted by Gasteiger charge is 2.15. The van der Waals surface area contributed by atoms with E-state index in [9.17, 15) is 4.79 Å². The normalized spacial score (nSPS) is 15.9. The number of carbonyl (C=O) groups excluding carboxylic acids is 1. The minimum atomic E-state index is 0.196. The van der Waals surface area contributed by atoms with Crippen LogP contribution in [0.1, 0.15) is 24.8 Å². The Bertz CT molecular complexity index is 349. The van der Waals surface area contributed by atoms with Crippen molar-refractivity contribution in [3.8, 4) is 0 Å². The van der Waals surface area contributed by atoms with Gasteiger partial charge in [0.25, 0.3) is 0 Å². The minimum absolute atomic E-state index is 0.196. The van der Waals surface area contributed by atoms with Gasteiger partial charge in [-0.05, 0) is 19.3 Å². The number of piperidine rings is 1. The quantitative estimate of drug-likeness (QED) is 0.828. The molecule has 0 saturated carbocycles. The summed E-state index contributed by atoms with van der Waals surface area (Å²) >= 11 is 0. The Labute approximate surface area is 101 Å². The smallest absolute Gasteiger partial charge is 0.236 e. The van der Waals surface area contributed by atoms with Crippen LogP contribution in [0.25, 0.3) is 0 Å². The van der Waals surface area contributed by atoms with Gasteiger partial charge in [-0.3, -0.25) is 4.79 Å². The molecule has 1 aliphatic heterocycles. The topological polar surface area (TPSA) is 58.1 Å². The molecule has 1 saturated heterocycles. The number of aromatic nitrogens is 2. The van der Waals surface area contributed by atoms with Gasteiger partial charge in [0.15, 0.2) is 0 Å². The second-order valence-corrected chi connectivity index (χ2v) is 4.29. The first-order valence-corrected chi connectivity index (χ1v) is 6.08. The Kier molecular flexibility index (Phi) is 4.44. The number of nitrogens with zero attached hydrogens (tertiary/aromatic N) is 3. The van der Waals surface area contributed by atoms with Crippen LogP contribution in [0, 0.1) is 0 Å². The third kappa shape index (κ3) is 3.78. The van der Waals surface area contributed by atoms with Crippen LogP contribution in [-0.4, -0.2) is 40.4 Å². The van der Waals surface area contributed by atoms with E-state index in [-0.39, 0.29) is 5.91 Å². The van der Waals surface area contributed by atoms with Crippen LogP contribution >= 0.6 is 0 Å². The lowest BCUT2D eigenvalue weighted by molar-refractivity contribution is -0.131. The van der Waals surface area contributed by atoms with Crippen molar-refractivity contribution in [1.29, 1.82) is 0 Å². The van der Waals surface area contributed by atoms with Gasteiger partial charge < -0.3 is 10.2 Å². The average Bonchev–Trinajstić information content (AvgIpc) is 2.41. The number of hydrogen-bond donors (Lipinski definition) is 1. The van der Waals surface area contributed by atoms with Crippen LogP contribution in [0.2, 0.25) is 0 Å². The molecule has 0 aliphatic carbocycles. The van der Waals surface area contributed by atoms with Crippen LogP contribution in [0.5, 0.6) is 0 Å². The zero-order valence-corrected chi connectivity index (χ0v) is 9.93. The molecule has 5 nitrogen and oxygen atoms in total. The van der Waals surface area contributed by atoms with E-state index < -0.39 is 0 Å². The van der Waals surface area contributed by atoms with Crippen molar-refractivity contribution in [3.05, 3.63) is 24.3 Å². The van der Waals surface area contributed by atoms with E-state index in [0.717, 1.165) is 31.5 Å². The van der Waals surface area contributed by atoms with Crippen LogP contribution < -0.4 is 5.32 Å². The van der Waals surface area contributed by atoms with Crippen molar-refractivity contribution >= 4 is 5.91 Å². The molecule has 1 fully saturated rings. The maximum atomic E-state index is 11.8. The largest absolute Gasteiger partial charge is 0.342 e. The molecule has 5 heteroatoms. The first-order valence-electron chi connectivity index (χ1n) is 6.08. The van der Waals surface area contributed by atoms with Gasteiger partial charge in [-0.25, -0.2) is 9.97 Å². The highest BCUT2D eigenvalue weighted by molar-refractivity contribution is 5.78. The molecule has 1 amide bonds. The summed E-state index contributed by atoms with van der Waals surface area (Å²) in [4.78, 5) is 21.6. The first kappa shape index (κ1) is 12.0. The predicted octanol–water partition coefficient (Wildman–Crippen LogP) is 0.579. The molecule has 1 aromatic rings. The summed E-state index contributed by atoms with van der Waals surface area (Å²) in [5.74, 6) is 0.196. The van der Waals surface area contributed by atoms with Crippen LogP contribution in [0.15, 0.2) is 18.7 Å². The van der Waals surface area contributed by atoms with E-state index in [1.165, 1.54) is 12.7 Å². The van der Waals surface area contributed by atoms with Crippen molar-refractivity contribution < 1.29 is 4.79 Å². The average molecular weight is 234 g/mol. The van der Waals surface area contributed by atoms with Crippen molar-refractivity contribution in [2.45, 2.75) is 25.8 Å². The van der Waals surface area contributed by atoms with E-state index in [1.807, 2.05) is 4.90 Å². The summed E-state index contributed by atoms with van der Waals surface area (Å²) in [6, 6.07) is 0. The van der Waals surface area contributed by atoms with Gasteiger partial charge in [0.05, 0.1) is 6.54 Å². The molecule has 0 unspecified atom stereocenters. The van der Waals surface area contributed by atoms with Crippen molar-refractivity contribution in [2.75, 3.05) is 19.6 Å². The maximum absolute atomic E-state index is 11.8. The number of carbonyl (C=O) groups is 1. The van der Waals surface area contributed by atoms with Crippen molar-refractivity contribution in [1.82, 2.24) is 20.2 Å². The summed E-state index contributed by atoms with van der Waals surface area (Å²) in [6.45, 7) is 2.86. The zero-order valence-electron chi connectivity index (χ0n) is 9.93. The first-order chi connectivity index (χ1) is 8.36. The monoisotopic (exact) mass is 234 g/mol. The molecule has 0 aromatic carbocycles. The Balaban J connectivity index is 1.69. The highest BCUT2D eigenvalue weighted by atomic mass is 16.2. The summed E-state index contributed by atoms with van der Waals surface area (Å²) in [6.07, 6.45) is 8.54. The highest BCUT2D eigenvalue weighted by Crippen LogP contribution is 2.08. The fourth-order valence-corrected chi connectivity index (χ4v) is 1.99. The molecule has 0 radical (unpaired) electrons. The Morgan fingerprint density at radius 3 is 2.65 bits per heavy atom. The van der Waals surface area contributed by atoms with E-state index in [1.54, 1.807) is 12.4 Å². The molecular weight excluding hydrogens is 216 g/mol. The number of rotatable bonds is 4. The second kappa shape index (κ2) is 6.30. The molecule has 92 valence electrons. The number of amides is 1. The number of likely N-dealkylation sites (tertiary alicyclic amines) is 1. The van der Waals surface area contributed by atoms with E-state index in [2.05, 4.69) is 15.3 Å².